The van der Waals surface area contributed by atoms with E-state index in [0.29, 0.717) is 6.42 Å². The largest absolute Gasteiger partial charge is 0.330 e. The third-order valence-electron chi connectivity index (χ3n) is 3.74. The molecular formula is C12H20N2O3. The highest BCUT2D eigenvalue weighted by Gasteiger charge is 2.54. The Hall–Kier alpha value is -1.39. The average Bonchev–Trinajstić information content (AvgIpc) is 2.28. The van der Waals surface area contributed by atoms with Gasteiger partial charge in [-0.05, 0) is 18.8 Å². The number of amides is 4. The molecule has 1 N–H and O–H groups in total. The normalized spacial score (nSPS) is 27.1. The zero-order valence-corrected chi connectivity index (χ0v) is 10.9. The third kappa shape index (κ3) is 1.94. The summed E-state index contributed by atoms with van der Waals surface area (Å²) in [5.41, 5.74) is -1.08. The van der Waals surface area contributed by atoms with Crippen LogP contribution >= 0.6 is 0 Å². The highest BCUT2D eigenvalue weighted by Crippen LogP contribution is 2.38. The van der Waals surface area contributed by atoms with Gasteiger partial charge in [0.25, 0.3) is 0 Å². The second-order valence-electron chi connectivity index (χ2n) is 4.64. The van der Waals surface area contributed by atoms with E-state index in [2.05, 4.69) is 5.32 Å². The Bertz CT molecular complexity index is 354. The molecule has 4 amide bonds. The summed E-state index contributed by atoms with van der Waals surface area (Å²) in [7, 11) is 1.41. The topological polar surface area (TPSA) is 66.5 Å². The number of imide groups is 2. The minimum atomic E-state index is -1.08. The van der Waals surface area contributed by atoms with Crippen molar-refractivity contribution in [2.24, 2.45) is 11.3 Å². The first-order chi connectivity index (χ1) is 7.91. The first kappa shape index (κ1) is 13.7. The molecule has 0 radical (unpaired) electrons. The minimum Gasteiger partial charge on any atom is -0.277 e. The minimum absolute atomic E-state index is 0.0689. The number of rotatable bonds is 4. The Morgan fingerprint density at radius 2 is 1.88 bits per heavy atom. The van der Waals surface area contributed by atoms with Gasteiger partial charge in [-0.3, -0.25) is 19.8 Å². The molecule has 0 bridgehead atoms. The van der Waals surface area contributed by atoms with E-state index in [1.807, 2.05) is 20.8 Å². The van der Waals surface area contributed by atoms with Crippen molar-refractivity contribution in [1.29, 1.82) is 0 Å². The van der Waals surface area contributed by atoms with Gasteiger partial charge in [0.2, 0.25) is 11.8 Å². The molecule has 5 nitrogen and oxygen atoms in total. The van der Waals surface area contributed by atoms with E-state index < -0.39 is 17.4 Å². The zero-order chi connectivity index (χ0) is 13.2. The highest BCUT2D eigenvalue weighted by atomic mass is 16.2. The lowest BCUT2D eigenvalue weighted by Crippen LogP contribution is -2.64. The number of carbonyl (C=O) groups is 3. The Balaban J connectivity index is 3.15. The van der Waals surface area contributed by atoms with Gasteiger partial charge >= 0.3 is 6.03 Å². The number of barbiturate groups is 1. The number of carbonyl (C=O) groups excluding carboxylic acids is 3. The third-order valence-corrected chi connectivity index (χ3v) is 3.74. The molecule has 1 fully saturated rings. The maximum atomic E-state index is 12.3. The van der Waals surface area contributed by atoms with Gasteiger partial charge in [-0.1, -0.05) is 27.2 Å². The lowest BCUT2D eigenvalue weighted by Gasteiger charge is -2.41. The van der Waals surface area contributed by atoms with Crippen molar-refractivity contribution in [3.8, 4) is 0 Å². The fourth-order valence-electron chi connectivity index (χ4n) is 2.56. The lowest BCUT2D eigenvalue weighted by molar-refractivity contribution is -0.155. The Labute approximate surface area is 102 Å². The smallest absolute Gasteiger partial charge is 0.277 e. The van der Waals surface area contributed by atoms with Crippen molar-refractivity contribution in [3.63, 3.8) is 0 Å². The molecule has 17 heavy (non-hydrogen) atoms. The van der Waals surface area contributed by atoms with Gasteiger partial charge < -0.3 is 0 Å². The van der Waals surface area contributed by atoms with Gasteiger partial charge in [0.05, 0.1) is 0 Å². The summed E-state index contributed by atoms with van der Waals surface area (Å²) >= 11 is 0. The van der Waals surface area contributed by atoms with Crippen LogP contribution in [0.1, 0.15) is 40.0 Å². The Morgan fingerprint density at radius 3 is 2.35 bits per heavy atom. The van der Waals surface area contributed by atoms with Crippen LogP contribution in [0.25, 0.3) is 0 Å². The van der Waals surface area contributed by atoms with E-state index in [0.717, 1.165) is 17.7 Å². The molecule has 2 atom stereocenters. The number of nitrogens with zero attached hydrogens (tertiary/aromatic N) is 1. The standard InChI is InChI=1S/C12H20N2O3/c1-5-7-8(3)12(6-2)9(15)13-11(17)14(4)10(12)16/h8H,5-7H2,1-4H3,(H,13,15,17). The molecule has 0 aromatic heterocycles. The average molecular weight is 240 g/mol. The van der Waals surface area contributed by atoms with E-state index in [4.69, 9.17) is 0 Å². The van der Waals surface area contributed by atoms with E-state index in [1.54, 1.807) is 0 Å². The van der Waals surface area contributed by atoms with E-state index in [-0.39, 0.29) is 11.8 Å². The first-order valence-electron chi connectivity index (χ1n) is 6.05. The molecule has 1 rings (SSSR count). The molecule has 0 aliphatic carbocycles. The monoisotopic (exact) mass is 240 g/mol. The number of urea groups is 1. The van der Waals surface area contributed by atoms with Crippen molar-refractivity contribution in [2.45, 2.75) is 40.0 Å². The van der Waals surface area contributed by atoms with Crippen molar-refractivity contribution in [2.75, 3.05) is 7.05 Å². The van der Waals surface area contributed by atoms with E-state index in [1.165, 1.54) is 7.05 Å². The lowest BCUT2D eigenvalue weighted by atomic mass is 9.69. The highest BCUT2D eigenvalue weighted by molar-refractivity contribution is 6.19. The van der Waals surface area contributed by atoms with E-state index in [9.17, 15) is 14.4 Å². The van der Waals surface area contributed by atoms with Crippen molar-refractivity contribution < 1.29 is 14.4 Å². The second-order valence-corrected chi connectivity index (χ2v) is 4.64. The molecule has 1 heterocycles. The van der Waals surface area contributed by atoms with Crippen molar-refractivity contribution >= 4 is 17.8 Å². The second kappa shape index (κ2) is 4.85. The van der Waals surface area contributed by atoms with Gasteiger partial charge in [0.15, 0.2) is 0 Å². The maximum Gasteiger partial charge on any atom is 0.330 e. The Morgan fingerprint density at radius 1 is 1.29 bits per heavy atom. The van der Waals surface area contributed by atoms with Gasteiger partial charge in [-0.25, -0.2) is 4.79 Å². The predicted octanol–water partition coefficient (Wildman–Crippen LogP) is 1.53. The van der Waals surface area contributed by atoms with Crippen LogP contribution in [0.15, 0.2) is 0 Å². The van der Waals surface area contributed by atoms with E-state index >= 15 is 0 Å². The molecular weight excluding hydrogens is 220 g/mol. The summed E-state index contributed by atoms with van der Waals surface area (Å²) < 4.78 is 0. The predicted molar refractivity (Wildman–Crippen MR) is 63.1 cm³/mol. The van der Waals surface area contributed by atoms with Gasteiger partial charge in [-0.15, -0.1) is 0 Å². The van der Waals surface area contributed by atoms with Crippen LogP contribution in [0.3, 0.4) is 0 Å². The van der Waals surface area contributed by atoms with Gasteiger partial charge in [0.1, 0.15) is 5.41 Å². The van der Waals surface area contributed by atoms with Crippen LogP contribution in [0, 0.1) is 11.3 Å². The van der Waals surface area contributed by atoms with Crippen LogP contribution in [-0.2, 0) is 9.59 Å². The zero-order valence-electron chi connectivity index (χ0n) is 10.9. The van der Waals surface area contributed by atoms with Crippen LogP contribution in [0.2, 0.25) is 0 Å². The van der Waals surface area contributed by atoms with Crippen LogP contribution < -0.4 is 5.32 Å². The summed E-state index contributed by atoms with van der Waals surface area (Å²) in [5.74, 6) is -0.899. The fourth-order valence-corrected chi connectivity index (χ4v) is 2.56. The molecule has 0 aromatic carbocycles. The number of hydrogen-bond acceptors (Lipinski definition) is 3. The summed E-state index contributed by atoms with van der Waals surface area (Å²) in [6, 6.07) is -0.632. The van der Waals surface area contributed by atoms with Gasteiger partial charge in [0, 0.05) is 7.05 Å². The number of nitrogens with one attached hydrogen (secondary N) is 1. The van der Waals surface area contributed by atoms with Crippen molar-refractivity contribution in [1.82, 2.24) is 10.2 Å². The molecule has 0 saturated carbocycles. The summed E-state index contributed by atoms with van der Waals surface area (Å²) in [4.78, 5) is 36.7. The SMILES string of the molecule is CCCC(C)C1(CC)C(=O)NC(=O)N(C)C1=O. The molecule has 1 aliphatic rings. The maximum absolute atomic E-state index is 12.3. The first-order valence-corrected chi connectivity index (χ1v) is 6.05. The number of hydrogen-bond donors (Lipinski definition) is 1. The fraction of sp³-hybridized carbons (Fsp3) is 0.750. The molecule has 0 spiro atoms. The summed E-state index contributed by atoms with van der Waals surface area (Å²) in [5, 5.41) is 2.27. The molecule has 5 heteroatoms. The Kier molecular flexibility index (Phi) is 3.91. The van der Waals surface area contributed by atoms with Gasteiger partial charge in [-0.2, -0.15) is 0 Å². The summed E-state index contributed by atoms with van der Waals surface area (Å²) in [6.07, 6.45) is 2.10. The molecule has 2 unspecified atom stereocenters. The van der Waals surface area contributed by atoms with Crippen LogP contribution in [0.5, 0.6) is 0 Å². The summed E-state index contributed by atoms with van der Waals surface area (Å²) in [6.45, 7) is 5.72. The quantitative estimate of drug-likeness (QED) is 0.758. The molecule has 1 aliphatic heterocycles. The van der Waals surface area contributed by atoms with Crippen LogP contribution in [0.4, 0.5) is 4.79 Å². The molecule has 96 valence electrons. The van der Waals surface area contributed by atoms with Crippen molar-refractivity contribution in [3.05, 3.63) is 0 Å². The van der Waals surface area contributed by atoms with Crippen LogP contribution in [-0.4, -0.2) is 29.8 Å². The molecule has 0 aromatic rings. The molecule has 1 saturated heterocycles.